The average Bonchev–Trinajstić information content (AvgIpc) is 3.05. The second-order valence-corrected chi connectivity index (χ2v) is 6.72. The van der Waals surface area contributed by atoms with E-state index < -0.39 is 0 Å². The maximum Gasteiger partial charge on any atom is 0.275 e. The molecule has 0 aliphatic carbocycles. The summed E-state index contributed by atoms with van der Waals surface area (Å²) in [6.07, 6.45) is 5.21. The third kappa shape index (κ3) is 3.65. The van der Waals surface area contributed by atoms with E-state index in [0.717, 1.165) is 11.4 Å². The van der Waals surface area contributed by atoms with E-state index in [1.807, 2.05) is 22.8 Å². The van der Waals surface area contributed by atoms with Crippen molar-refractivity contribution in [3.63, 3.8) is 0 Å². The number of carbonyl (C=O) groups excluding carboxylic acids is 1. The first-order valence-corrected chi connectivity index (χ1v) is 9.46. The molecule has 1 N–H and O–H groups in total. The molecule has 2 aromatic heterocycles. The Bertz CT molecular complexity index is 1050. The number of carbonyl (C=O) groups is 1. The molecule has 0 fully saturated rings. The molecule has 140 valence electrons. The van der Waals surface area contributed by atoms with E-state index in [9.17, 15) is 4.79 Å². The van der Waals surface area contributed by atoms with Crippen molar-refractivity contribution < 1.29 is 9.53 Å². The summed E-state index contributed by atoms with van der Waals surface area (Å²) >= 11 is 1.41. The maximum absolute atomic E-state index is 12.1. The molecule has 1 aliphatic rings. The minimum Gasteiger partial charge on any atom is -0.440 e. The van der Waals surface area contributed by atoms with E-state index in [-0.39, 0.29) is 5.91 Å². The number of para-hydroxylation sites is 1. The highest BCUT2D eigenvalue weighted by Gasteiger charge is 2.20. The molecule has 1 aliphatic heterocycles. The van der Waals surface area contributed by atoms with Crippen LogP contribution in [-0.4, -0.2) is 37.3 Å². The molecule has 3 aromatic rings. The number of pyridine rings is 1. The fourth-order valence-electron chi connectivity index (χ4n) is 2.66. The van der Waals surface area contributed by atoms with Crippen molar-refractivity contribution in [3.05, 3.63) is 67.0 Å². The molecule has 0 unspecified atom stereocenters. The number of aromatic nitrogens is 4. The summed E-state index contributed by atoms with van der Waals surface area (Å²) in [5.74, 6) is 1.65. The Kier molecular flexibility index (Phi) is 5.16. The summed E-state index contributed by atoms with van der Waals surface area (Å²) in [7, 11) is 0. The largest absolute Gasteiger partial charge is 0.440 e. The third-order valence-corrected chi connectivity index (χ3v) is 4.88. The third-order valence-electron chi connectivity index (χ3n) is 3.93. The summed E-state index contributed by atoms with van der Waals surface area (Å²) in [4.78, 5) is 16.1. The van der Waals surface area contributed by atoms with Crippen LogP contribution in [0.4, 0.5) is 0 Å². The summed E-state index contributed by atoms with van der Waals surface area (Å²) in [6, 6.07) is 10.8. The lowest BCUT2D eigenvalue weighted by Gasteiger charge is -2.09. The van der Waals surface area contributed by atoms with Crippen molar-refractivity contribution in [3.8, 4) is 17.1 Å². The molecule has 0 radical (unpaired) electrons. The zero-order chi connectivity index (χ0) is 19.3. The molecular weight excluding hydrogens is 376 g/mol. The topological polar surface area (TPSA) is 94.3 Å². The summed E-state index contributed by atoms with van der Waals surface area (Å²) in [5, 5.41) is 13.3. The van der Waals surface area contributed by atoms with Gasteiger partial charge in [0.15, 0.2) is 11.0 Å². The number of thioether (sulfide) groups is 1. The van der Waals surface area contributed by atoms with Crippen LogP contribution in [0, 0.1) is 0 Å². The van der Waals surface area contributed by atoms with Gasteiger partial charge in [0.1, 0.15) is 5.75 Å². The smallest absolute Gasteiger partial charge is 0.275 e. The van der Waals surface area contributed by atoms with Gasteiger partial charge in [0.2, 0.25) is 5.90 Å². The molecule has 0 saturated heterocycles. The van der Waals surface area contributed by atoms with Crippen molar-refractivity contribution in [1.82, 2.24) is 25.2 Å². The van der Waals surface area contributed by atoms with Crippen LogP contribution in [0.3, 0.4) is 0 Å². The molecular formula is C19H16N6O2S. The number of fused-ring (bicyclic) bond motifs is 1. The van der Waals surface area contributed by atoms with Gasteiger partial charge < -0.3 is 4.74 Å². The molecule has 3 heterocycles. The predicted octanol–water partition coefficient (Wildman–Crippen LogP) is 2.75. The van der Waals surface area contributed by atoms with E-state index in [1.54, 1.807) is 36.7 Å². The van der Waals surface area contributed by atoms with Crippen molar-refractivity contribution >= 4 is 23.6 Å². The van der Waals surface area contributed by atoms with Gasteiger partial charge in [0.05, 0.1) is 11.3 Å². The molecule has 9 heteroatoms. The minimum absolute atomic E-state index is 0.301. The Morgan fingerprint density at radius 2 is 2.00 bits per heavy atom. The van der Waals surface area contributed by atoms with Gasteiger partial charge in [-0.25, -0.2) is 5.43 Å². The summed E-state index contributed by atoms with van der Waals surface area (Å²) < 4.78 is 7.76. The molecule has 0 bridgehead atoms. The first kappa shape index (κ1) is 17.9. The molecule has 28 heavy (non-hydrogen) atoms. The number of hydrogen-bond acceptors (Lipinski definition) is 7. The van der Waals surface area contributed by atoms with Crippen LogP contribution in [0.5, 0.6) is 5.75 Å². The predicted molar refractivity (Wildman–Crippen MR) is 106 cm³/mol. The Labute approximate surface area is 165 Å². The molecule has 8 nitrogen and oxygen atoms in total. The first-order valence-electron chi connectivity index (χ1n) is 8.47. The minimum atomic E-state index is -0.301. The number of nitrogens with one attached hydrogen (secondary N) is 1. The molecule has 1 amide bonds. The first-order chi connectivity index (χ1) is 13.8. The van der Waals surface area contributed by atoms with E-state index >= 15 is 0 Å². The Balaban J connectivity index is 1.55. The van der Waals surface area contributed by atoms with Crippen LogP contribution in [0.1, 0.15) is 10.4 Å². The quantitative estimate of drug-likeness (QED) is 0.512. The van der Waals surface area contributed by atoms with Crippen molar-refractivity contribution in [2.24, 2.45) is 5.10 Å². The lowest BCUT2D eigenvalue weighted by Crippen LogP contribution is -2.18. The van der Waals surface area contributed by atoms with Crippen LogP contribution in [-0.2, 0) is 6.54 Å². The Hall–Kier alpha value is -3.46. The number of nitrogens with zero attached hydrogens (tertiary/aromatic N) is 5. The zero-order valence-corrected chi connectivity index (χ0v) is 15.6. The summed E-state index contributed by atoms with van der Waals surface area (Å²) in [5.41, 5.74) is 3.87. The number of hydrazone groups is 1. The van der Waals surface area contributed by atoms with Gasteiger partial charge in [-0.15, -0.1) is 21.9 Å². The second kappa shape index (κ2) is 8.05. The van der Waals surface area contributed by atoms with Crippen molar-refractivity contribution in [2.45, 2.75) is 11.7 Å². The van der Waals surface area contributed by atoms with E-state index in [4.69, 9.17) is 4.74 Å². The molecule has 0 atom stereocenters. The number of rotatable bonds is 6. The molecule has 4 rings (SSSR count). The molecule has 1 aromatic carbocycles. The van der Waals surface area contributed by atoms with Gasteiger partial charge in [-0.3, -0.25) is 14.3 Å². The molecule has 0 saturated carbocycles. The maximum atomic E-state index is 12.1. The van der Waals surface area contributed by atoms with Crippen LogP contribution >= 0.6 is 11.8 Å². The highest BCUT2D eigenvalue weighted by molar-refractivity contribution is 7.99. The number of amides is 1. The number of ether oxygens (including phenoxy) is 1. The highest BCUT2D eigenvalue weighted by Crippen LogP contribution is 2.25. The summed E-state index contributed by atoms with van der Waals surface area (Å²) in [6.45, 7) is 4.37. The van der Waals surface area contributed by atoms with Crippen LogP contribution < -0.4 is 10.2 Å². The van der Waals surface area contributed by atoms with Gasteiger partial charge >= 0.3 is 0 Å². The number of benzene rings is 1. The van der Waals surface area contributed by atoms with Crippen LogP contribution in [0.25, 0.3) is 11.4 Å². The number of hydrogen-bond donors (Lipinski definition) is 1. The Morgan fingerprint density at radius 3 is 2.82 bits per heavy atom. The Morgan fingerprint density at radius 1 is 1.18 bits per heavy atom. The van der Waals surface area contributed by atoms with Gasteiger partial charge in [-0.2, -0.15) is 0 Å². The number of allylic oxidation sites excluding steroid dienone is 1. The van der Waals surface area contributed by atoms with Crippen molar-refractivity contribution in [1.29, 1.82) is 0 Å². The van der Waals surface area contributed by atoms with E-state index in [2.05, 4.69) is 32.3 Å². The van der Waals surface area contributed by atoms with Gasteiger partial charge in [-0.05, 0) is 24.3 Å². The second-order valence-electron chi connectivity index (χ2n) is 5.77. The fourth-order valence-corrected chi connectivity index (χ4v) is 3.45. The van der Waals surface area contributed by atoms with Crippen LogP contribution in [0.2, 0.25) is 0 Å². The SMILES string of the molecule is C=CCn1c(SCC2=NNC(=O)c3ccccc3O2)nnc1-c1ccncc1. The van der Waals surface area contributed by atoms with E-state index in [0.29, 0.717) is 34.7 Å². The highest BCUT2D eigenvalue weighted by atomic mass is 32.2. The van der Waals surface area contributed by atoms with Gasteiger partial charge in [0.25, 0.3) is 5.91 Å². The fraction of sp³-hybridized carbons (Fsp3) is 0.105. The van der Waals surface area contributed by atoms with Gasteiger partial charge in [-0.1, -0.05) is 30.0 Å². The lowest BCUT2D eigenvalue weighted by atomic mass is 10.2. The lowest BCUT2D eigenvalue weighted by molar-refractivity contribution is 0.0955. The van der Waals surface area contributed by atoms with Gasteiger partial charge in [0, 0.05) is 24.5 Å². The average molecular weight is 392 g/mol. The zero-order valence-electron chi connectivity index (χ0n) is 14.8. The van der Waals surface area contributed by atoms with Crippen LogP contribution in [0.15, 0.2) is 71.7 Å². The normalized spacial score (nSPS) is 13.0. The standard InChI is InChI=1S/C19H16N6O2S/c1-2-11-25-17(13-7-9-20-10-8-13)22-24-19(25)28-12-16-21-23-18(26)14-5-3-4-6-15(14)27-16/h2-10H,1,11-12H2,(H,23,26). The van der Waals surface area contributed by atoms with E-state index in [1.165, 1.54) is 11.8 Å². The molecule has 0 spiro atoms. The monoisotopic (exact) mass is 392 g/mol. The van der Waals surface area contributed by atoms with Crippen molar-refractivity contribution in [2.75, 3.05) is 5.75 Å².